The number of likely N-dealkylation sites (N-methyl/N-ethyl adjacent to an activating group) is 1. The molecule has 0 aromatic carbocycles. The van der Waals surface area contributed by atoms with E-state index in [2.05, 4.69) is 11.9 Å². The number of nitrogens with two attached hydrogens (primary N) is 1. The van der Waals surface area contributed by atoms with Crippen LogP contribution in [0.3, 0.4) is 0 Å². The number of hydrogen-bond acceptors (Lipinski definition) is 3. The molecular formula is C12H24N2O. The second-order valence-electron chi connectivity index (χ2n) is 5.14. The maximum Gasteiger partial charge on any atom is 0.0702 e. The molecule has 1 unspecified atom stereocenters. The Morgan fingerprint density at radius 3 is 2.53 bits per heavy atom. The lowest BCUT2D eigenvalue weighted by Gasteiger charge is -2.34. The molecule has 1 atom stereocenters. The van der Waals surface area contributed by atoms with Crippen LogP contribution in [-0.4, -0.2) is 43.3 Å². The number of hydrogen-bond donors (Lipinski definition) is 1. The standard InChI is InChI=1S/C12H24N2O/c1-14(9-12-3-2-8-15-12)11-6-4-10(13)5-7-11/h10-12H,2-9,13H2,1H3. The number of ether oxygens (including phenoxy) is 1. The average molecular weight is 212 g/mol. The van der Waals surface area contributed by atoms with Crippen LogP contribution >= 0.6 is 0 Å². The van der Waals surface area contributed by atoms with Gasteiger partial charge in [-0.2, -0.15) is 0 Å². The summed E-state index contributed by atoms with van der Waals surface area (Å²) in [6, 6.07) is 1.20. The largest absolute Gasteiger partial charge is 0.377 e. The average Bonchev–Trinajstić information content (AvgIpc) is 2.71. The number of nitrogens with zero attached hydrogens (tertiary/aromatic N) is 1. The van der Waals surface area contributed by atoms with Crippen LogP contribution in [0.25, 0.3) is 0 Å². The molecule has 1 aliphatic heterocycles. The summed E-state index contributed by atoms with van der Waals surface area (Å²) in [5, 5.41) is 0. The van der Waals surface area contributed by atoms with Crippen molar-refractivity contribution in [2.75, 3.05) is 20.2 Å². The minimum Gasteiger partial charge on any atom is -0.377 e. The Bertz CT molecular complexity index is 184. The minimum absolute atomic E-state index is 0.456. The monoisotopic (exact) mass is 212 g/mol. The Kier molecular flexibility index (Phi) is 4.00. The maximum atomic E-state index is 5.92. The van der Waals surface area contributed by atoms with Crippen LogP contribution in [0.2, 0.25) is 0 Å². The Balaban J connectivity index is 1.72. The molecule has 3 heteroatoms. The lowest BCUT2D eigenvalue weighted by molar-refractivity contribution is 0.0599. The van der Waals surface area contributed by atoms with Gasteiger partial charge < -0.3 is 15.4 Å². The van der Waals surface area contributed by atoms with Gasteiger partial charge in [0.25, 0.3) is 0 Å². The summed E-state index contributed by atoms with van der Waals surface area (Å²) in [5.41, 5.74) is 5.92. The predicted octanol–water partition coefficient (Wildman–Crippen LogP) is 1.37. The molecule has 2 fully saturated rings. The summed E-state index contributed by atoms with van der Waals surface area (Å²) < 4.78 is 5.67. The van der Waals surface area contributed by atoms with Gasteiger partial charge in [0, 0.05) is 25.2 Å². The Morgan fingerprint density at radius 1 is 1.20 bits per heavy atom. The van der Waals surface area contributed by atoms with Gasteiger partial charge in [0.1, 0.15) is 0 Å². The first kappa shape index (κ1) is 11.4. The quantitative estimate of drug-likeness (QED) is 0.768. The molecule has 15 heavy (non-hydrogen) atoms. The van der Waals surface area contributed by atoms with E-state index in [1.807, 2.05) is 0 Å². The zero-order valence-corrected chi connectivity index (χ0v) is 9.82. The van der Waals surface area contributed by atoms with Crippen LogP contribution in [0.4, 0.5) is 0 Å². The van der Waals surface area contributed by atoms with Crippen molar-refractivity contribution in [3.63, 3.8) is 0 Å². The van der Waals surface area contributed by atoms with Crippen molar-refractivity contribution in [3.05, 3.63) is 0 Å². The fourth-order valence-corrected chi connectivity index (χ4v) is 2.80. The molecule has 0 bridgehead atoms. The zero-order valence-electron chi connectivity index (χ0n) is 9.82. The first-order valence-corrected chi connectivity index (χ1v) is 6.33. The summed E-state index contributed by atoms with van der Waals surface area (Å²) >= 11 is 0. The molecule has 2 rings (SSSR count). The molecule has 0 radical (unpaired) electrons. The number of rotatable bonds is 3. The molecule has 1 heterocycles. The summed E-state index contributed by atoms with van der Waals surface area (Å²) in [5.74, 6) is 0. The summed E-state index contributed by atoms with van der Waals surface area (Å²) in [6.45, 7) is 2.08. The van der Waals surface area contributed by atoms with Gasteiger partial charge in [-0.05, 0) is 45.6 Å². The first-order chi connectivity index (χ1) is 7.25. The molecule has 3 nitrogen and oxygen atoms in total. The van der Waals surface area contributed by atoms with Gasteiger partial charge in [0.05, 0.1) is 6.10 Å². The van der Waals surface area contributed by atoms with E-state index in [-0.39, 0.29) is 0 Å². The summed E-state index contributed by atoms with van der Waals surface area (Å²) in [4.78, 5) is 2.49. The highest BCUT2D eigenvalue weighted by molar-refractivity contribution is 4.81. The smallest absolute Gasteiger partial charge is 0.0702 e. The van der Waals surface area contributed by atoms with Gasteiger partial charge >= 0.3 is 0 Å². The molecule has 0 amide bonds. The fourth-order valence-electron chi connectivity index (χ4n) is 2.80. The second-order valence-corrected chi connectivity index (χ2v) is 5.14. The molecule has 2 N–H and O–H groups in total. The molecule has 0 spiro atoms. The van der Waals surface area contributed by atoms with Crippen LogP contribution in [0.15, 0.2) is 0 Å². The van der Waals surface area contributed by atoms with E-state index >= 15 is 0 Å². The topological polar surface area (TPSA) is 38.5 Å². The second kappa shape index (κ2) is 5.28. The zero-order chi connectivity index (χ0) is 10.7. The van der Waals surface area contributed by atoms with Crippen molar-refractivity contribution >= 4 is 0 Å². The third-order valence-electron chi connectivity index (χ3n) is 3.88. The molecule has 2 aliphatic rings. The van der Waals surface area contributed by atoms with E-state index in [4.69, 9.17) is 10.5 Å². The lowest BCUT2D eigenvalue weighted by atomic mass is 9.91. The van der Waals surface area contributed by atoms with E-state index in [1.54, 1.807) is 0 Å². The minimum atomic E-state index is 0.456. The van der Waals surface area contributed by atoms with Gasteiger partial charge in [-0.1, -0.05) is 0 Å². The highest BCUT2D eigenvalue weighted by Gasteiger charge is 2.25. The highest BCUT2D eigenvalue weighted by atomic mass is 16.5. The first-order valence-electron chi connectivity index (χ1n) is 6.33. The van der Waals surface area contributed by atoms with Crippen LogP contribution in [0, 0.1) is 0 Å². The molecule has 88 valence electrons. The van der Waals surface area contributed by atoms with Gasteiger partial charge in [0.15, 0.2) is 0 Å². The van der Waals surface area contributed by atoms with Crippen molar-refractivity contribution in [2.45, 2.75) is 56.7 Å². The van der Waals surface area contributed by atoms with Crippen LogP contribution in [0.5, 0.6) is 0 Å². The predicted molar refractivity (Wildman–Crippen MR) is 61.8 cm³/mol. The van der Waals surface area contributed by atoms with Crippen molar-refractivity contribution in [2.24, 2.45) is 5.73 Å². The van der Waals surface area contributed by atoms with E-state index in [9.17, 15) is 0 Å². The fraction of sp³-hybridized carbons (Fsp3) is 1.00. The SMILES string of the molecule is CN(CC1CCCO1)C1CCC(N)CC1. The van der Waals surface area contributed by atoms with E-state index in [0.29, 0.717) is 12.1 Å². The third-order valence-corrected chi connectivity index (χ3v) is 3.88. The van der Waals surface area contributed by atoms with Gasteiger partial charge in [0.2, 0.25) is 0 Å². The third kappa shape index (κ3) is 3.16. The summed E-state index contributed by atoms with van der Waals surface area (Å²) in [6.07, 6.45) is 7.91. The lowest BCUT2D eigenvalue weighted by Crippen LogP contribution is -2.41. The van der Waals surface area contributed by atoms with E-state index < -0.39 is 0 Å². The highest BCUT2D eigenvalue weighted by Crippen LogP contribution is 2.22. The van der Waals surface area contributed by atoms with E-state index in [0.717, 1.165) is 19.2 Å². The van der Waals surface area contributed by atoms with Gasteiger partial charge in [-0.3, -0.25) is 0 Å². The van der Waals surface area contributed by atoms with Crippen molar-refractivity contribution in [1.82, 2.24) is 4.90 Å². The van der Waals surface area contributed by atoms with Crippen molar-refractivity contribution in [1.29, 1.82) is 0 Å². The Labute approximate surface area is 93.0 Å². The normalized spacial score (nSPS) is 37.4. The van der Waals surface area contributed by atoms with Crippen molar-refractivity contribution in [3.8, 4) is 0 Å². The van der Waals surface area contributed by atoms with Crippen LogP contribution < -0.4 is 5.73 Å². The van der Waals surface area contributed by atoms with Crippen LogP contribution in [-0.2, 0) is 4.74 Å². The van der Waals surface area contributed by atoms with E-state index in [1.165, 1.54) is 38.5 Å². The maximum absolute atomic E-state index is 5.92. The molecule has 1 saturated carbocycles. The molecule has 1 saturated heterocycles. The molecule has 1 aliphatic carbocycles. The van der Waals surface area contributed by atoms with Crippen LogP contribution in [0.1, 0.15) is 38.5 Å². The van der Waals surface area contributed by atoms with Gasteiger partial charge in [-0.25, -0.2) is 0 Å². The van der Waals surface area contributed by atoms with Crippen molar-refractivity contribution < 1.29 is 4.74 Å². The summed E-state index contributed by atoms with van der Waals surface area (Å²) in [7, 11) is 2.24. The Hall–Kier alpha value is -0.120. The Morgan fingerprint density at radius 2 is 1.93 bits per heavy atom. The molecule has 0 aromatic rings. The molecular weight excluding hydrogens is 188 g/mol. The molecule has 0 aromatic heterocycles. The van der Waals surface area contributed by atoms with Gasteiger partial charge in [-0.15, -0.1) is 0 Å².